The first-order valence-electron chi connectivity index (χ1n) is 6.32. The van der Waals surface area contributed by atoms with Gasteiger partial charge in [0.1, 0.15) is 5.82 Å². The molecule has 0 amide bonds. The number of rotatable bonds is 2. The fraction of sp³-hybridized carbons (Fsp3) is 0.429. The third-order valence-corrected chi connectivity index (χ3v) is 3.93. The highest BCUT2D eigenvalue weighted by atomic mass is 35.5. The lowest BCUT2D eigenvalue weighted by molar-refractivity contribution is 0.587. The van der Waals surface area contributed by atoms with Crippen molar-refractivity contribution in [3.05, 3.63) is 34.2 Å². The topological polar surface area (TPSA) is 30.9 Å². The van der Waals surface area contributed by atoms with Crippen LogP contribution in [-0.4, -0.2) is 10.6 Å². The SMILES string of the molecule is C[C@H](N)Cn1c2c(c3cc(F)c(Cl)cc31)CCC2. The molecule has 0 radical (unpaired) electrons. The van der Waals surface area contributed by atoms with E-state index in [-0.39, 0.29) is 16.9 Å². The highest BCUT2D eigenvalue weighted by Crippen LogP contribution is 2.35. The highest BCUT2D eigenvalue weighted by molar-refractivity contribution is 6.31. The summed E-state index contributed by atoms with van der Waals surface area (Å²) in [6.45, 7) is 2.74. The third-order valence-electron chi connectivity index (χ3n) is 3.64. The summed E-state index contributed by atoms with van der Waals surface area (Å²) in [5.41, 5.74) is 9.51. The molecule has 0 saturated heterocycles. The molecule has 1 aliphatic carbocycles. The second kappa shape index (κ2) is 4.25. The summed E-state index contributed by atoms with van der Waals surface area (Å²) in [5.74, 6) is -0.336. The average molecular weight is 267 g/mol. The van der Waals surface area contributed by atoms with Crippen LogP contribution in [0, 0.1) is 5.82 Å². The fourth-order valence-corrected chi connectivity index (χ4v) is 3.12. The highest BCUT2D eigenvalue weighted by Gasteiger charge is 2.22. The number of aromatic nitrogens is 1. The van der Waals surface area contributed by atoms with Gasteiger partial charge in [-0.25, -0.2) is 4.39 Å². The van der Waals surface area contributed by atoms with Crippen molar-refractivity contribution in [3.8, 4) is 0 Å². The van der Waals surface area contributed by atoms with Crippen LogP contribution in [0.5, 0.6) is 0 Å². The summed E-state index contributed by atoms with van der Waals surface area (Å²) < 4.78 is 15.8. The average Bonchev–Trinajstić information content (AvgIpc) is 2.85. The van der Waals surface area contributed by atoms with Crippen LogP contribution in [0.1, 0.15) is 24.6 Å². The molecule has 2 nitrogen and oxygen atoms in total. The predicted octanol–water partition coefficient (Wildman–Crippen LogP) is 3.27. The van der Waals surface area contributed by atoms with Gasteiger partial charge in [-0.2, -0.15) is 0 Å². The largest absolute Gasteiger partial charge is 0.343 e. The van der Waals surface area contributed by atoms with Crippen molar-refractivity contribution in [3.63, 3.8) is 0 Å². The molecular weight excluding hydrogens is 251 g/mol. The van der Waals surface area contributed by atoms with Crippen molar-refractivity contribution in [2.24, 2.45) is 5.73 Å². The minimum atomic E-state index is -0.336. The maximum atomic E-state index is 13.6. The molecule has 0 saturated carbocycles. The monoisotopic (exact) mass is 266 g/mol. The fourth-order valence-electron chi connectivity index (χ4n) is 2.96. The van der Waals surface area contributed by atoms with Gasteiger partial charge < -0.3 is 10.3 Å². The Morgan fingerprint density at radius 3 is 2.94 bits per heavy atom. The quantitative estimate of drug-likeness (QED) is 0.889. The summed E-state index contributed by atoms with van der Waals surface area (Å²) in [4.78, 5) is 0. The Balaban J connectivity index is 2.29. The van der Waals surface area contributed by atoms with Crippen molar-refractivity contribution in [1.29, 1.82) is 0 Å². The second-order valence-electron chi connectivity index (χ2n) is 5.15. The molecule has 1 atom stereocenters. The summed E-state index contributed by atoms with van der Waals surface area (Å²) >= 11 is 5.90. The van der Waals surface area contributed by atoms with E-state index in [1.807, 2.05) is 6.92 Å². The van der Waals surface area contributed by atoms with Gasteiger partial charge in [0.25, 0.3) is 0 Å². The summed E-state index contributed by atoms with van der Waals surface area (Å²) in [5, 5.41) is 1.19. The number of fused-ring (bicyclic) bond motifs is 3. The molecule has 0 spiro atoms. The van der Waals surface area contributed by atoms with E-state index in [0.29, 0.717) is 0 Å². The first-order chi connectivity index (χ1) is 8.58. The lowest BCUT2D eigenvalue weighted by Crippen LogP contribution is -2.23. The number of benzene rings is 1. The van der Waals surface area contributed by atoms with E-state index in [9.17, 15) is 4.39 Å². The van der Waals surface area contributed by atoms with Gasteiger partial charge in [0, 0.05) is 23.7 Å². The predicted molar refractivity (Wildman–Crippen MR) is 72.6 cm³/mol. The number of halogens is 2. The zero-order valence-corrected chi connectivity index (χ0v) is 11.1. The van der Waals surface area contributed by atoms with E-state index in [2.05, 4.69) is 4.57 Å². The Bertz CT molecular complexity index is 616. The number of hydrogen-bond donors (Lipinski definition) is 1. The number of hydrogen-bond acceptors (Lipinski definition) is 1. The van der Waals surface area contributed by atoms with Crippen molar-refractivity contribution in [2.45, 2.75) is 38.8 Å². The molecular formula is C14H16ClFN2. The van der Waals surface area contributed by atoms with Gasteiger partial charge >= 0.3 is 0 Å². The van der Waals surface area contributed by atoms with E-state index in [1.54, 1.807) is 12.1 Å². The van der Waals surface area contributed by atoms with Crippen molar-refractivity contribution >= 4 is 22.5 Å². The standard InChI is InChI=1S/C14H16ClFN2/c1-8(17)7-18-13-4-2-3-9(13)10-5-12(16)11(15)6-14(10)18/h5-6,8H,2-4,7,17H2,1H3/t8-/m0/s1. The van der Waals surface area contributed by atoms with E-state index in [4.69, 9.17) is 17.3 Å². The molecule has 0 unspecified atom stereocenters. The van der Waals surface area contributed by atoms with Gasteiger partial charge in [-0.05, 0) is 43.9 Å². The molecule has 2 aromatic rings. The Morgan fingerprint density at radius 2 is 2.22 bits per heavy atom. The molecule has 0 fully saturated rings. The second-order valence-corrected chi connectivity index (χ2v) is 5.56. The molecule has 2 N–H and O–H groups in total. The third kappa shape index (κ3) is 1.73. The molecule has 3 rings (SSSR count). The minimum Gasteiger partial charge on any atom is -0.343 e. The zero-order valence-electron chi connectivity index (χ0n) is 10.3. The Labute approximate surface area is 111 Å². The Kier molecular flexibility index (Phi) is 2.83. The van der Waals surface area contributed by atoms with Gasteiger partial charge in [0.15, 0.2) is 0 Å². The van der Waals surface area contributed by atoms with E-state index < -0.39 is 0 Å². The Hall–Kier alpha value is -1.06. The van der Waals surface area contributed by atoms with Crippen LogP contribution in [0.4, 0.5) is 4.39 Å². The lowest BCUT2D eigenvalue weighted by Gasteiger charge is -2.12. The molecule has 4 heteroatoms. The van der Waals surface area contributed by atoms with Crippen LogP contribution in [0.15, 0.2) is 12.1 Å². The van der Waals surface area contributed by atoms with E-state index in [1.165, 1.54) is 11.3 Å². The smallest absolute Gasteiger partial charge is 0.142 e. The van der Waals surface area contributed by atoms with E-state index in [0.717, 1.165) is 36.7 Å². The van der Waals surface area contributed by atoms with Crippen LogP contribution >= 0.6 is 11.6 Å². The molecule has 96 valence electrons. The van der Waals surface area contributed by atoms with Crippen LogP contribution in [0.2, 0.25) is 5.02 Å². The summed E-state index contributed by atoms with van der Waals surface area (Å²) in [6.07, 6.45) is 3.22. The van der Waals surface area contributed by atoms with Crippen LogP contribution in [0.3, 0.4) is 0 Å². The van der Waals surface area contributed by atoms with Gasteiger partial charge in [-0.3, -0.25) is 0 Å². The maximum Gasteiger partial charge on any atom is 0.142 e. The molecule has 0 aliphatic heterocycles. The van der Waals surface area contributed by atoms with Crippen LogP contribution in [-0.2, 0) is 19.4 Å². The summed E-state index contributed by atoms with van der Waals surface area (Å²) in [6, 6.07) is 3.38. The van der Waals surface area contributed by atoms with Crippen molar-refractivity contribution in [1.82, 2.24) is 4.57 Å². The first kappa shape index (κ1) is 12.0. The molecule has 0 bridgehead atoms. The van der Waals surface area contributed by atoms with Crippen molar-refractivity contribution < 1.29 is 4.39 Å². The van der Waals surface area contributed by atoms with Crippen molar-refractivity contribution in [2.75, 3.05) is 0 Å². The summed E-state index contributed by atoms with van der Waals surface area (Å²) in [7, 11) is 0. The minimum absolute atomic E-state index is 0.0779. The molecule has 18 heavy (non-hydrogen) atoms. The first-order valence-corrected chi connectivity index (χ1v) is 6.70. The molecule has 1 aromatic heterocycles. The van der Waals surface area contributed by atoms with Crippen LogP contribution < -0.4 is 5.73 Å². The Morgan fingerprint density at radius 1 is 1.44 bits per heavy atom. The molecule has 1 aromatic carbocycles. The normalized spacial score (nSPS) is 16.2. The molecule has 1 aliphatic rings. The van der Waals surface area contributed by atoms with Gasteiger partial charge in [-0.15, -0.1) is 0 Å². The van der Waals surface area contributed by atoms with E-state index >= 15 is 0 Å². The number of aryl methyl sites for hydroxylation is 1. The zero-order chi connectivity index (χ0) is 12.9. The number of nitrogens with two attached hydrogens (primary N) is 1. The van der Waals surface area contributed by atoms with Gasteiger partial charge in [0.05, 0.1) is 10.5 Å². The maximum absolute atomic E-state index is 13.6. The van der Waals surface area contributed by atoms with Gasteiger partial charge in [0.2, 0.25) is 0 Å². The lowest BCUT2D eigenvalue weighted by atomic mass is 10.1. The molecule has 1 heterocycles. The number of nitrogens with zero attached hydrogens (tertiary/aromatic N) is 1. The van der Waals surface area contributed by atoms with Gasteiger partial charge in [-0.1, -0.05) is 11.6 Å². The van der Waals surface area contributed by atoms with Crippen LogP contribution in [0.25, 0.3) is 10.9 Å².